The Labute approximate surface area is 177 Å². The maximum Gasteiger partial charge on any atom is 0.235 e. The van der Waals surface area contributed by atoms with Gasteiger partial charge < -0.3 is 9.73 Å². The molecule has 1 amide bonds. The molecule has 0 aliphatic rings. The lowest BCUT2D eigenvalue weighted by atomic mass is 10.1. The van der Waals surface area contributed by atoms with Gasteiger partial charge in [0.15, 0.2) is 9.84 Å². The van der Waals surface area contributed by atoms with Crippen LogP contribution in [0.3, 0.4) is 0 Å². The molecule has 3 rings (SSSR count). The molecule has 0 spiro atoms. The first kappa shape index (κ1) is 21.8. The van der Waals surface area contributed by atoms with Crippen molar-refractivity contribution in [2.45, 2.75) is 32.9 Å². The van der Waals surface area contributed by atoms with E-state index in [1.807, 2.05) is 62.4 Å². The van der Waals surface area contributed by atoms with Crippen molar-refractivity contribution < 1.29 is 17.6 Å². The van der Waals surface area contributed by atoms with E-state index < -0.39 is 21.5 Å². The molecule has 0 bridgehead atoms. The van der Waals surface area contributed by atoms with Crippen molar-refractivity contribution in [2.24, 2.45) is 0 Å². The molecule has 7 heteroatoms. The zero-order valence-electron chi connectivity index (χ0n) is 17.4. The first-order valence-electron chi connectivity index (χ1n) is 9.78. The summed E-state index contributed by atoms with van der Waals surface area (Å²) in [6.07, 6.45) is 0.647. The maximum absolute atomic E-state index is 12.5. The summed E-state index contributed by atoms with van der Waals surface area (Å²) in [5.74, 6) is -0.608. The van der Waals surface area contributed by atoms with Crippen molar-refractivity contribution in [3.8, 4) is 11.5 Å². The van der Waals surface area contributed by atoms with Crippen LogP contribution < -0.4 is 5.32 Å². The number of sulfone groups is 1. The highest BCUT2D eigenvalue weighted by Gasteiger charge is 2.22. The van der Waals surface area contributed by atoms with Crippen LogP contribution in [0.5, 0.6) is 0 Å². The van der Waals surface area contributed by atoms with Crippen LogP contribution in [0.25, 0.3) is 11.5 Å². The van der Waals surface area contributed by atoms with E-state index in [0.29, 0.717) is 30.3 Å². The molecule has 3 aromatic rings. The van der Waals surface area contributed by atoms with Crippen LogP contribution in [0, 0.1) is 20.8 Å². The van der Waals surface area contributed by atoms with Crippen LogP contribution in [0.4, 0.5) is 0 Å². The standard InChI is InChI=1S/C23H26N2O4S/c1-16-4-8-19(9-5-16)12-13-24-22(26)15-30(27,28)14-21-18(3)29-23(25-21)20-10-6-17(2)7-11-20/h4-11H,12-15H2,1-3H3,(H,24,26). The Hall–Kier alpha value is -2.93. The first-order chi connectivity index (χ1) is 14.2. The fourth-order valence-corrected chi connectivity index (χ4v) is 4.28. The van der Waals surface area contributed by atoms with Crippen LogP contribution in [0.1, 0.15) is 28.1 Å². The van der Waals surface area contributed by atoms with Crippen LogP contribution >= 0.6 is 0 Å². The molecular formula is C23H26N2O4S. The second kappa shape index (κ2) is 9.26. The molecular weight excluding hydrogens is 400 g/mol. The molecule has 30 heavy (non-hydrogen) atoms. The van der Waals surface area contributed by atoms with Crippen molar-refractivity contribution in [3.05, 3.63) is 76.7 Å². The molecule has 1 N–H and O–H groups in total. The molecule has 1 aromatic heterocycles. The molecule has 158 valence electrons. The number of nitrogens with one attached hydrogen (secondary N) is 1. The van der Waals surface area contributed by atoms with Gasteiger partial charge in [-0.15, -0.1) is 0 Å². The maximum atomic E-state index is 12.5. The minimum Gasteiger partial charge on any atom is -0.441 e. The van der Waals surface area contributed by atoms with Gasteiger partial charge in [0, 0.05) is 12.1 Å². The average molecular weight is 427 g/mol. The highest BCUT2D eigenvalue weighted by Crippen LogP contribution is 2.23. The van der Waals surface area contributed by atoms with E-state index in [9.17, 15) is 13.2 Å². The van der Waals surface area contributed by atoms with Gasteiger partial charge in [-0.25, -0.2) is 13.4 Å². The minimum atomic E-state index is -3.67. The average Bonchev–Trinajstić information content (AvgIpc) is 3.03. The number of aromatic nitrogens is 1. The minimum absolute atomic E-state index is 0.332. The van der Waals surface area contributed by atoms with Gasteiger partial charge in [-0.1, -0.05) is 47.5 Å². The summed E-state index contributed by atoms with van der Waals surface area (Å²) < 4.78 is 30.6. The summed E-state index contributed by atoms with van der Waals surface area (Å²) in [5, 5.41) is 2.68. The Morgan fingerprint density at radius 2 is 1.57 bits per heavy atom. The molecule has 0 aliphatic carbocycles. The fraction of sp³-hybridized carbons (Fsp3) is 0.304. The van der Waals surface area contributed by atoms with E-state index in [1.54, 1.807) is 6.92 Å². The van der Waals surface area contributed by atoms with E-state index in [1.165, 1.54) is 5.56 Å². The number of oxazole rings is 1. The van der Waals surface area contributed by atoms with Crippen LogP contribution in [-0.4, -0.2) is 31.6 Å². The number of aryl methyl sites for hydroxylation is 3. The molecule has 0 aliphatic heterocycles. The Morgan fingerprint density at radius 3 is 2.20 bits per heavy atom. The lowest BCUT2D eigenvalue weighted by molar-refractivity contribution is -0.118. The van der Waals surface area contributed by atoms with Gasteiger partial charge in [0.1, 0.15) is 11.5 Å². The number of hydrogen-bond donors (Lipinski definition) is 1. The Bertz CT molecular complexity index is 1120. The number of nitrogens with zero attached hydrogens (tertiary/aromatic N) is 1. The topological polar surface area (TPSA) is 89.3 Å². The van der Waals surface area contributed by atoms with Gasteiger partial charge in [-0.05, 0) is 44.9 Å². The van der Waals surface area contributed by atoms with E-state index in [2.05, 4.69) is 10.3 Å². The lowest BCUT2D eigenvalue weighted by Gasteiger charge is -2.06. The van der Waals surface area contributed by atoms with Crippen molar-refractivity contribution in [2.75, 3.05) is 12.3 Å². The predicted molar refractivity (Wildman–Crippen MR) is 117 cm³/mol. The number of hydrogen-bond acceptors (Lipinski definition) is 5. The number of rotatable bonds is 8. The largest absolute Gasteiger partial charge is 0.441 e. The molecule has 0 saturated heterocycles. The summed E-state index contributed by atoms with van der Waals surface area (Å²) in [6, 6.07) is 15.6. The van der Waals surface area contributed by atoms with E-state index in [-0.39, 0.29) is 5.75 Å². The molecule has 0 atom stereocenters. The van der Waals surface area contributed by atoms with Crippen molar-refractivity contribution >= 4 is 15.7 Å². The van der Waals surface area contributed by atoms with Crippen LogP contribution in [0.2, 0.25) is 0 Å². The van der Waals surface area contributed by atoms with Gasteiger partial charge >= 0.3 is 0 Å². The fourth-order valence-electron chi connectivity index (χ4n) is 2.99. The van der Waals surface area contributed by atoms with Crippen LogP contribution in [0.15, 0.2) is 52.9 Å². The second-order valence-corrected chi connectivity index (χ2v) is 9.57. The summed E-state index contributed by atoms with van der Waals surface area (Å²) in [6.45, 7) is 6.06. The van der Waals surface area contributed by atoms with Gasteiger partial charge in [-0.3, -0.25) is 4.79 Å². The molecule has 0 radical (unpaired) electrons. The van der Waals surface area contributed by atoms with E-state index in [4.69, 9.17) is 4.42 Å². The van der Waals surface area contributed by atoms with Crippen molar-refractivity contribution in [3.63, 3.8) is 0 Å². The molecule has 0 saturated carbocycles. The zero-order chi connectivity index (χ0) is 21.7. The van der Waals surface area contributed by atoms with Gasteiger partial charge in [0.25, 0.3) is 0 Å². The monoisotopic (exact) mass is 426 g/mol. The summed E-state index contributed by atoms with van der Waals surface area (Å²) in [4.78, 5) is 16.4. The van der Waals surface area contributed by atoms with Gasteiger partial charge in [0.2, 0.25) is 11.8 Å². The third kappa shape index (κ3) is 6.03. The number of carbonyl (C=O) groups excluding carboxylic acids is 1. The summed E-state index contributed by atoms with van der Waals surface area (Å²) in [5.41, 5.74) is 4.48. The van der Waals surface area contributed by atoms with Gasteiger partial charge in [0.05, 0.1) is 11.4 Å². The lowest BCUT2D eigenvalue weighted by Crippen LogP contribution is -2.32. The predicted octanol–water partition coefficient (Wildman–Crippen LogP) is 3.54. The number of amides is 1. The summed E-state index contributed by atoms with van der Waals surface area (Å²) >= 11 is 0. The molecule has 1 heterocycles. The first-order valence-corrected chi connectivity index (χ1v) is 11.6. The van der Waals surface area contributed by atoms with Crippen LogP contribution in [-0.2, 0) is 26.8 Å². The molecule has 6 nitrogen and oxygen atoms in total. The Kier molecular flexibility index (Phi) is 6.72. The number of benzene rings is 2. The number of carbonyl (C=O) groups is 1. The van der Waals surface area contributed by atoms with E-state index in [0.717, 1.165) is 16.7 Å². The highest BCUT2D eigenvalue weighted by atomic mass is 32.2. The molecule has 2 aromatic carbocycles. The Balaban J connectivity index is 1.56. The SMILES string of the molecule is Cc1ccc(CCNC(=O)CS(=O)(=O)Cc2nc(-c3ccc(C)cc3)oc2C)cc1. The molecule has 0 fully saturated rings. The third-order valence-corrected chi connectivity index (χ3v) is 6.17. The van der Waals surface area contributed by atoms with E-state index >= 15 is 0 Å². The quantitative estimate of drug-likeness (QED) is 0.595. The van der Waals surface area contributed by atoms with Crippen molar-refractivity contribution in [1.29, 1.82) is 0 Å². The Morgan fingerprint density at radius 1 is 0.967 bits per heavy atom. The zero-order valence-corrected chi connectivity index (χ0v) is 18.3. The smallest absolute Gasteiger partial charge is 0.235 e. The molecule has 0 unspecified atom stereocenters. The van der Waals surface area contributed by atoms with Gasteiger partial charge in [-0.2, -0.15) is 0 Å². The normalized spacial score (nSPS) is 11.4. The third-order valence-electron chi connectivity index (χ3n) is 4.76. The second-order valence-electron chi connectivity index (χ2n) is 7.51. The van der Waals surface area contributed by atoms with Crippen molar-refractivity contribution in [1.82, 2.24) is 10.3 Å². The summed E-state index contributed by atoms with van der Waals surface area (Å²) in [7, 11) is -3.67. The highest BCUT2D eigenvalue weighted by molar-refractivity contribution is 7.91.